The quantitative estimate of drug-likeness (QED) is 0.563. The molecule has 2 nitrogen and oxygen atoms in total. The third kappa shape index (κ3) is 1.63. The number of hydrazine groups is 1. The van der Waals surface area contributed by atoms with Gasteiger partial charge in [-0.1, -0.05) is 0 Å². The Kier molecular flexibility index (Phi) is 2.63. The Morgan fingerprint density at radius 1 is 1.17 bits per heavy atom. The molecular weight excluding hydrogens is 168 g/mol. The van der Waals surface area contributed by atoms with Crippen molar-refractivity contribution in [3.05, 3.63) is 0 Å². The fourth-order valence-electron chi connectivity index (χ4n) is 2.19. The van der Waals surface area contributed by atoms with E-state index in [1.54, 1.807) is 0 Å². The standard InChI is InChI=1S/C9H18N2S/c1-10-6-8-4-3-5-12-9(8)7-11(10)2/h8-9H,3-7H2,1-2H3. The second kappa shape index (κ2) is 3.56. The lowest BCUT2D eigenvalue weighted by molar-refractivity contribution is -0.0250. The molecule has 2 saturated heterocycles. The maximum atomic E-state index is 2.37. The molecule has 2 fully saturated rings. The van der Waals surface area contributed by atoms with Gasteiger partial charge in [-0.05, 0) is 24.5 Å². The van der Waals surface area contributed by atoms with Gasteiger partial charge in [-0.25, -0.2) is 10.0 Å². The van der Waals surface area contributed by atoms with E-state index in [2.05, 4.69) is 35.9 Å². The molecule has 70 valence electrons. The first kappa shape index (κ1) is 8.85. The molecule has 0 N–H and O–H groups in total. The Balaban J connectivity index is 1.98. The van der Waals surface area contributed by atoms with Crippen LogP contribution in [0.25, 0.3) is 0 Å². The lowest BCUT2D eigenvalue weighted by Crippen LogP contribution is -2.52. The van der Waals surface area contributed by atoms with E-state index in [1.165, 1.54) is 31.7 Å². The van der Waals surface area contributed by atoms with Crippen LogP contribution in [0.5, 0.6) is 0 Å². The predicted octanol–water partition coefficient (Wildman–Crippen LogP) is 1.29. The van der Waals surface area contributed by atoms with Crippen LogP contribution in [-0.2, 0) is 0 Å². The van der Waals surface area contributed by atoms with Gasteiger partial charge in [-0.2, -0.15) is 11.8 Å². The number of hydrogen-bond donors (Lipinski definition) is 0. The van der Waals surface area contributed by atoms with Crippen molar-refractivity contribution in [2.75, 3.05) is 32.9 Å². The Labute approximate surface area is 79.3 Å². The summed E-state index contributed by atoms with van der Waals surface area (Å²) in [7, 11) is 4.40. The fourth-order valence-corrected chi connectivity index (χ4v) is 3.64. The average Bonchev–Trinajstić information content (AvgIpc) is 2.07. The molecular formula is C9H18N2S. The molecule has 0 aliphatic carbocycles. The highest BCUT2D eigenvalue weighted by atomic mass is 32.2. The van der Waals surface area contributed by atoms with Crippen LogP contribution in [-0.4, -0.2) is 48.2 Å². The predicted molar refractivity (Wildman–Crippen MR) is 54.2 cm³/mol. The summed E-state index contributed by atoms with van der Waals surface area (Å²) in [4.78, 5) is 0. The van der Waals surface area contributed by atoms with Crippen molar-refractivity contribution >= 4 is 11.8 Å². The summed E-state index contributed by atoms with van der Waals surface area (Å²) in [6, 6.07) is 0. The summed E-state index contributed by atoms with van der Waals surface area (Å²) >= 11 is 2.18. The van der Waals surface area contributed by atoms with Crippen molar-refractivity contribution in [1.82, 2.24) is 10.0 Å². The minimum absolute atomic E-state index is 0.917. The lowest BCUT2D eigenvalue weighted by atomic mass is 9.97. The molecule has 2 aliphatic rings. The molecule has 3 heteroatoms. The van der Waals surface area contributed by atoms with Gasteiger partial charge in [0.15, 0.2) is 0 Å². The highest BCUT2D eigenvalue weighted by molar-refractivity contribution is 8.00. The zero-order valence-electron chi connectivity index (χ0n) is 7.99. The van der Waals surface area contributed by atoms with Crippen LogP contribution in [0, 0.1) is 5.92 Å². The summed E-state index contributed by atoms with van der Waals surface area (Å²) in [5.74, 6) is 2.35. The molecule has 0 amide bonds. The van der Waals surface area contributed by atoms with Gasteiger partial charge >= 0.3 is 0 Å². The molecule has 2 unspecified atom stereocenters. The van der Waals surface area contributed by atoms with Crippen molar-refractivity contribution in [1.29, 1.82) is 0 Å². The van der Waals surface area contributed by atoms with E-state index in [0.717, 1.165) is 11.2 Å². The zero-order valence-corrected chi connectivity index (χ0v) is 8.81. The molecule has 2 rings (SSSR count). The Bertz CT molecular complexity index is 145. The van der Waals surface area contributed by atoms with Crippen molar-refractivity contribution in [2.45, 2.75) is 18.1 Å². The minimum Gasteiger partial charge on any atom is -0.245 e. The van der Waals surface area contributed by atoms with E-state index in [4.69, 9.17) is 0 Å². The van der Waals surface area contributed by atoms with Crippen molar-refractivity contribution in [2.24, 2.45) is 5.92 Å². The van der Waals surface area contributed by atoms with Crippen LogP contribution in [0.15, 0.2) is 0 Å². The van der Waals surface area contributed by atoms with Gasteiger partial charge in [0.25, 0.3) is 0 Å². The van der Waals surface area contributed by atoms with Gasteiger partial charge in [-0.15, -0.1) is 0 Å². The zero-order chi connectivity index (χ0) is 8.55. The van der Waals surface area contributed by atoms with Crippen molar-refractivity contribution in [3.63, 3.8) is 0 Å². The van der Waals surface area contributed by atoms with Gasteiger partial charge < -0.3 is 0 Å². The van der Waals surface area contributed by atoms with E-state index < -0.39 is 0 Å². The number of hydrogen-bond acceptors (Lipinski definition) is 3. The third-order valence-corrected chi connectivity index (χ3v) is 4.59. The van der Waals surface area contributed by atoms with Gasteiger partial charge in [0, 0.05) is 32.4 Å². The van der Waals surface area contributed by atoms with Gasteiger partial charge in [0.2, 0.25) is 0 Å². The van der Waals surface area contributed by atoms with Crippen LogP contribution in [0.2, 0.25) is 0 Å². The lowest BCUT2D eigenvalue weighted by Gasteiger charge is -2.44. The second-order valence-electron chi connectivity index (χ2n) is 3.99. The Hall–Kier alpha value is 0.270. The van der Waals surface area contributed by atoms with E-state index >= 15 is 0 Å². The fraction of sp³-hybridized carbons (Fsp3) is 1.00. The summed E-state index contributed by atoms with van der Waals surface area (Å²) in [6.45, 7) is 2.53. The van der Waals surface area contributed by atoms with E-state index in [1.807, 2.05) is 0 Å². The average molecular weight is 186 g/mol. The van der Waals surface area contributed by atoms with Crippen LogP contribution in [0.4, 0.5) is 0 Å². The molecule has 0 aromatic rings. The first-order chi connectivity index (χ1) is 5.77. The highest BCUT2D eigenvalue weighted by Gasteiger charge is 2.32. The topological polar surface area (TPSA) is 6.48 Å². The first-order valence-corrected chi connectivity index (χ1v) is 5.86. The molecule has 0 spiro atoms. The van der Waals surface area contributed by atoms with E-state index in [9.17, 15) is 0 Å². The summed E-state index contributed by atoms with van der Waals surface area (Å²) in [6.07, 6.45) is 2.89. The van der Waals surface area contributed by atoms with E-state index in [-0.39, 0.29) is 0 Å². The third-order valence-electron chi connectivity index (χ3n) is 3.10. The number of nitrogens with zero attached hydrogens (tertiary/aromatic N) is 2. The van der Waals surface area contributed by atoms with Crippen LogP contribution >= 0.6 is 11.8 Å². The number of fused-ring (bicyclic) bond motifs is 1. The molecule has 0 aromatic carbocycles. The molecule has 0 saturated carbocycles. The van der Waals surface area contributed by atoms with Crippen molar-refractivity contribution < 1.29 is 0 Å². The van der Waals surface area contributed by atoms with Gasteiger partial charge in [0.05, 0.1) is 0 Å². The van der Waals surface area contributed by atoms with Crippen LogP contribution in [0.3, 0.4) is 0 Å². The maximum Gasteiger partial charge on any atom is 0.0252 e. The Morgan fingerprint density at radius 3 is 2.75 bits per heavy atom. The summed E-state index contributed by atoms with van der Waals surface area (Å²) < 4.78 is 0. The highest BCUT2D eigenvalue weighted by Crippen LogP contribution is 2.34. The van der Waals surface area contributed by atoms with Crippen LogP contribution in [0.1, 0.15) is 12.8 Å². The molecule has 0 aromatic heterocycles. The molecule has 12 heavy (non-hydrogen) atoms. The first-order valence-electron chi connectivity index (χ1n) is 4.81. The number of thioether (sulfide) groups is 1. The molecule has 0 bridgehead atoms. The number of rotatable bonds is 0. The molecule has 2 heterocycles. The summed E-state index contributed by atoms with van der Waals surface area (Å²) in [5, 5.41) is 5.65. The normalized spacial score (nSPS) is 39.5. The SMILES string of the molecule is CN1CC2CCCSC2CN1C. The van der Waals surface area contributed by atoms with Crippen molar-refractivity contribution in [3.8, 4) is 0 Å². The molecule has 0 radical (unpaired) electrons. The van der Waals surface area contributed by atoms with Crippen LogP contribution < -0.4 is 0 Å². The summed E-state index contributed by atoms with van der Waals surface area (Å²) in [5.41, 5.74) is 0. The largest absolute Gasteiger partial charge is 0.245 e. The maximum absolute atomic E-state index is 2.37. The van der Waals surface area contributed by atoms with Gasteiger partial charge in [0.1, 0.15) is 0 Å². The van der Waals surface area contributed by atoms with E-state index in [0.29, 0.717) is 0 Å². The molecule has 2 aliphatic heterocycles. The molecule has 2 atom stereocenters. The smallest absolute Gasteiger partial charge is 0.0252 e. The minimum atomic E-state index is 0.917. The van der Waals surface area contributed by atoms with Gasteiger partial charge in [-0.3, -0.25) is 0 Å². The Morgan fingerprint density at radius 2 is 1.92 bits per heavy atom. The monoisotopic (exact) mass is 186 g/mol. The second-order valence-corrected chi connectivity index (χ2v) is 5.34.